The molecule has 138 valence electrons. The third-order valence-electron chi connectivity index (χ3n) is 3.59. The predicted octanol–water partition coefficient (Wildman–Crippen LogP) is 2.44. The number of carbonyl (C=O) groups is 2. The van der Waals surface area contributed by atoms with Crippen LogP contribution in [0.25, 0.3) is 0 Å². The van der Waals surface area contributed by atoms with Crippen molar-refractivity contribution in [3.8, 4) is 11.5 Å². The van der Waals surface area contributed by atoms with E-state index in [4.69, 9.17) is 9.47 Å². The molecule has 0 fully saturated rings. The van der Waals surface area contributed by atoms with Gasteiger partial charge in [0.25, 0.3) is 11.8 Å². The molecule has 0 radical (unpaired) electrons. The van der Waals surface area contributed by atoms with E-state index in [0.717, 1.165) is 11.1 Å². The number of amides is 2. The predicted molar refractivity (Wildman–Crippen MR) is 94.2 cm³/mol. The van der Waals surface area contributed by atoms with E-state index >= 15 is 0 Å². The molecule has 2 N–H and O–H groups in total. The Hall–Kier alpha value is -3.09. The SMILES string of the molecule is Cc1cccc(C)c1OCC(=O)NNC(=O)C(C)Oc1ccccc1F. The molecule has 6 nitrogen and oxygen atoms in total. The molecule has 0 aliphatic rings. The highest BCUT2D eigenvalue weighted by Crippen LogP contribution is 2.22. The topological polar surface area (TPSA) is 76.7 Å². The number of ether oxygens (including phenoxy) is 2. The van der Waals surface area contributed by atoms with Crippen LogP contribution in [0.15, 0.2) is 42.5 Å². The Balaban J connectivity index is 1.79. The van der Waals surface area contributed by atoms with Gasteiger partial charge in [-0.2, -0.15) is 0 Å². The van der Waals surface area contributed by atoms with E-state index in [1.165, 1.54) is 25.1 Å². The van der Waals surface area contributed by atoms with E-state index in [-0.39, 0.29) is 12.4 Å². The number of hydrazine groups is 1. The summed E-state index contributed by atoms with van der Waals surface area (Å²) in [6, 6.07) is 11.4. The van der Waals surface area contributed by atoms with Crippen LogP contribution in [0.5, 0.6) is 11.5 Å². The van der Waals surface area contributed by atoms with E-state index in [1.54, 1.807) is 6.07 Å². The van der Waals surface area contributed by atoms with Gasteiger partial charge in [0.15, 0.2) is 24.3 Å². The molecule has 0 saturated carbocycles. The second-order valence-corrected chi connectivity index (χ2v) is 5.74. The Labute approximate surface area is 151 Å². The second kappa shape index (κ2) is 8.84. The molecule has 1 unspecified atom stereocenters. The van der Waals surface area contributed by atoms with Crippen LogP contribution >= 0.6 is 0 Å². The lowest BCUT2D eigenvalue weighted by molar-refractivity contribution is -0.133. The maximum atomic E-state index is 13.5. The van der Waals surface area contributed by atoms with Gasteiger partial charge in [-0.3, -0.25) is 20.4 Å². The standard InChI is InChI=1S/C19H21FN2O4/c1-12-7-6-8-13(2)18(12)25-11-17(23)21-22-19(24)14(3)26-16-10-5-4-9-15(16)20/h4-10,14H,11H2,1-3H3,(H,21,23)(H,22,24). The van der Waals surface area contributed by atoms with Crippen molar-refractivity contribution in [2.75, 3.05) is 6.61 Å². The van der Waals surface area contributed by atoms with Crippen molar-refractivity contribution in [3.05, 3.63) is 59.4 Å². The normalized spacial score (nSPS) is 11.4. The first-order valence-electron chi connectivity index (χ1n) is 8.07. The van der Waals surface area contributed by atoms with Crippen LogP contribution in [0.4, 0.5) is 4.39 Å². The summed E-state index contributed by atoms with van der Waals surface area (Å²) >= 11 is 0. The summed E-state index contributed by atoms with van der Waals surface area (Å²) < 4.78 is 24.2. The first kappa shape index (κ1) is 19.2. The van der Waals surface area contributed by atoms with Crippen molar-refractivity contribution >= 4 is 11.8 Å². The number of para-hydroxylation sites is 2. The van der Waals surface area contributed by atoms with Crippen LogP contribution in [-0.4, -0.2) is 24.5 Å². The van der Waals surface area contributed by atoms with Crippen LogP contribution in [-0.2, 0) is 9.59 Å². The van der Waals surface area contributed by atoms with Gasteiger partial charge in [-0.1, -0.05) is 30.3 Å². The molecule has 7 heteroatoms. The Morgan fingerprint density at radius 1 is 1.04 bits per heavy atom. The largest absolute Gasteiger partial charge is 0.483 e. The molecule has 0 bridgehead atoms. The van der Waals surface area contributed by atoms with Gasteiger partial charge in [0.1, 0.15) is 5.75 Å². The molecule has 0 aliphatic carbocycles. The Kier molecular flexibility index (Phi) is 6.54. The van der Waals surface area contributed by atoms with Gasteiger partial charge in [0, 0.05) is 0 Å². The fourth-order valence-electron chi connectivity index (χ4n) is 2.22. The highest BCUT2D eigenvalue weighted by atomic mass is 19.1. The molecule has 0 aliphatic heterocycles. The molecule has 0 saturated heterocycles. The first-order chi connectivity index (χ1) is 12.4. The summed E-state index contributed by atoms with van der Waals surface area (Å²) in [6.45, 7) is 4.95. The van der Waals surface area contributed by atoms with Crippen molar-refractivity contribution in [2.45, 2.75) is 26.9 Å². The summed E-state index contributed by atoms with van der Waals surface area (Å²) in [4.78, 5) is 23.8. The highest BCUT2D eigenvalue weighted by Gasteiger charge is 2.17. The van der Waals surface area contributed by atoms with Crippen molar-refractivity contribution in [1.82, 2.24) is 10.9 Å². The number of halogens is 1. The summed E-state index contributed by atoms with van der Waals surface area (Å²) in [5, 5.41) is 0. The minimum absolute atomic E-state index is 0.0418. The molecule has 2 aromatic rings. The number of nitrogens with one attached hydrogen (secondary N) is 2. The second-order valence-electron chi connectivity index (χ2n) is 5.74. The van der Waals surface area contributed by atoms with E-state index in [2.05, 4.69) is 10.9 Å². The minimum atomic E-state index is -0.994. The highest BCUT2D eigenvalue weighted by molar-refractivity contribution is 5.85. The number of rotatable bonds is 6. The summed E-state index contributed by atoms with van der Waals surface area (Å²) in [7, 11) is 0. The first-order valence-corrected chi connectivity index (χ1v) is 8.07. The average molecular weight is 360 g/mol. The van der Waals surface area contributed by atoms with Crippen molar-refractivity contribution in [1.29, 1.82) is 0 Å². The molecule has 26 heavy (non-hydrogen) atoms. The third-order valence-corrected chi connectivity index (χ3v) is 3.59. The van der Waals surface area contributed by atoms with Crippen molar-refractivity contribution in [2.24, 2.45) is 0 Å². The number of carbonyl (C=O) groups excluding carboxylic acids is 2. The van der Waals surface area contributed by atoms with Gasteiger partial charge in [0.2, 0.25) is 0 Å². The lowest BCUT2D eigenvalue weighted by atomic mass is 10.1. The molecular formula is C19H21FN2O4. The fraction of sp³-hybridized carbons (Fsp3) is 0.263. The van der Waals surface area contributed by atoms with Crippen LogP contribution < -0.4 is 20.3 Å². The number of benzene rings is 2. The summed E-state index contributed by atoms with van der Waals surface area (Å²) in [5.74, 6) is -1.13. The average Bonchev–Trinajstić information content (AvgIpc) is 2.61. The number of hydrogen-bond acceptors (Lipinski definition) is 4. The lowest BCUT2D eigenvalue weighted by Gasteiger charge is -2.16. The van der Waals surface area contributed by atoms with Gasteiger partial charge >= 0.3 is 0 Å². The Morgan fingerprint density at radius 2 is 1.69 bits per heavy atom. The zero-order chi connectivity index (χ0) is 19.1. The van der Waals surface area contributed by atoms with E-state index in [1.807, 2.05) is 32.0 Å². The van der Waals surface area contributed by atoms with Crippen molar-refractivity contribution < 1.29 is 23.5 Å². The minimum Gasteiger partial charge on any atom is -0.483 e. The molecule has 0 aromatic heterocycles. The zero-order valence-corrected chi connectivity index (χ0v) is 14.8. The van der Waals surface area contributed by atoms with E-state index in [9.17, 15) is 14.0 Å². The maximum Gasteiger partial charge on any atom is 0.279 e. The fourth-order valence-corrected chi connectivity index (χ4v) is 2.22. The molecule has 2 amide bonds. The van der Waals surface area contributed by atoms with Gasteiger partial charge in [0.05, 0.1) is 0 Å². The van der Waals surface area contributed by atoms with Crippen LogP contribution in [0, 0.1) is 19.7 Å². The molecular weight excluding hydrogens is 339 g/mol. The van der Waals surface area contributed by atoms with Gasteiger partial charge in [-0.25, -0.2) is 4.39 Å². The molecule has 2 rings (SSSR count). The smallest absolute Gasteiger partial charge is 0.279 e. The lowest BCUT2D eigenvalue weighted by Crippen LogP contribution is -2.48. The number of aryl methyl sites for hydroxylation is 2. The maximum absolute atomic E-state index is 13.5. The van der Waals surface area contributed by atoms with Crippen LogP contribution in [0.1, 0.15) is 18.1 Å². The third kappa shape index (κ3) is 5.20. The Morgan fingerprint density at radius 3 is 2.35 bits per heavy atom. The quantitative estimate of drug-likeness (QED) is 0.776. The molecule has 0 heterocycles. The van der Waals surface area contributed by atoms with Crippen molar-refractivity contribution in [3.63, 3.8) is 0 Å². The van der Waals surface area contributed by atoms with E-state index < -0.39 is 23.7 Å². The number of hydrogen-bond donors (Lipinski definition) is 2. The Bertz CT molecular complexity index is 775. The van der Waals surface area contributed by atoms with Gasteiger partial charge in [-0.05, 0) is 44.0 Å². The van der Waals surface area contributed by atoms with Gasteiger partial charge in [-0.15, -0.1) is 0 Å². The van der Waals surface area contributed by atoms with Gasteiger partial charge < -0.3 is 9.47 Å². The molecule has 0 spiro atoms. The molecule has 1 atom stereocenters. The molecule has 2 aromatic carbocycles. The summed E-state index contributed by atoms with van der Waals surface area (Å²) in [5.41, 5.74) is 6.28. The van der Waals surface area contributed by atoms with E-state index in [0.29, 0.717) is 5.75 Å². The summed E-state index contributed by atoms with van der Waals surface area (Å²) in [6.07, 6.45) is -0.994. The van der Waals surface area contributed by atoms with Crippen LogP contribution in [0.2, 0.25) is 0 Å². The van der Waals surface area contributed by atoms with Crippen LogP contribution in [0.3, 0.4) is 0 Å². The monoisotopic (exact) mass is 360 g/mol. The zero-order valence-electron chi connectivity index (χ0n) is 14.8.